The van der Waals surface area contributed by atoms with Gasteiger partial charge in [-0.25, -0.2) is 0 Å². The standard InChI is InChI=1S/C16H24N2O2/c1-20-15-8-4-3-7-14(15)13-16(19)17-9-12-18-10-5-2-6-11-18/h3-4,7-8H,2,5-6,9-13H2,1H3,(H,17,19)/p+1. The summed E-state index contributed by atoms with van der Waals surface area (Å²) in [6.45, 7) is 4.31. The van der Waals surface area contributed by atoms with Crippen LogP contribution in [0.2, 0.25) is 0 Å². The molecule has 0 unspecified atom stereocenters. The van der Waals surface area contributed by atoms with Crippen LogP contribution >= 0.6 is 0 Å². The Bertz CT molecular complexity index is 428. The first-order valence-corrected chi connectivity index (χ1v) is 7.52. The summed E-state index contributed by atoms with van der Waals surface area (Å²) in [5.74, 6) is 0.857. The summed E-state index contributed by atoms with van der Waals surface area (Å²) in [6, 6.07) is 7.68. The Morgan fingerprint density at radius 3 is 2.75 bits per heavy atom. The molecular formula is C16H25N2O2+. The molecule has 2 rings (SSSR count). The number of ether oxygens (including phenoxy) is 1. The molecule has 1 heterocycles. The molecule has 20 heavy (non-hydrogen) atoms. The molecule has 2 N–H and O–H groups in total. The molecule has 0 spiro atoms. The molecule has 4 nitrogen and oxygen atoms in total. The lowest BCUT2D eigenvalue weighted by molar-refractivity contribution is -0.903. The Morgan fingerprint density at radius 1 is 1.25 bits per heavy atom. The second-order valence-electron chi connectivity index (χ2n) is 5.40. The molecule has 1 aliphatic rings. The third kappa shape index (κ3) is 4.53. The van der Waals surface area contributed by atoms with Crippen molar-refractivity contribution in [1.29, 1.82) is 0 Å². The number of rotatable bonds is 6. The van der Waals surface area contributed by atoms with E-state index in [0.29, 0.717) is 6.42 Å². The number of amides is 1. The number of para-hydroxylation sites is 1. The summed E-state index contributed by atoms with van der Waals surface area (Å²) in [4.78, 5) is 13.6. The monoisotopic (exact) mass is 277 g/mol. The van der Waals surface area contributed by atoms with E-state index in [2.05, 4.69) is 5.32 Å². The van der Waals surface area contributed by atoms with Gasteiger partial charge in [0.05, 0.1) is 39.7 Å². The zero-order valence-electron chi connectivity index (χ0n) is 12.3. The molecule has 0 aromatic heterocycles. The van der Waals surface area contributed by atoms with Crippen molar-refractivity contribution in [2.45, 2.75) is 25.7 Å². The number of likely N-dealkylation sites (tertiary alicyclic amines) is 1. The number of benzene rings is 1. The molecule has 1 aromatic carbocycles. The lowest BCUT2D eigenvalue weighted by Crippen LogP contribution is -3.13. The van der Waals surface area contributed by atoms with E-state index in [1.54, 1.807) is 12.0 Å². The lowest BCUT2D eigenvalue weighted by Gasteiger charge is -2.23. The number of nitrogens with one attached hydrogen (secondary N) is 2. The van der Waals surface area contributed by atoms with Crippen molar-refractivity contribution in [3.05, 3.63) is 29.8 Å². The van der Waals surface area contributed by atoms with Crippen LogP contribution in [-0.4, -0.2) is 39.2 Å². The molecule has 1 saturated heterocycles. The molecule has 4 heteroatoms. The van der Waals surface area contributed by atoms with Gasteiger partial charge in [-0.3, -0.25) is 4.79 Å². The SMILES string of the molecule is COc1ccccc1CC(=O)NCC[NH+]1CCCCC1. The number of hydrogen-bond acceptors (Lipinski definition) is 2. The van der Waals surface area contributed by atoms with E-state index in [9.17, 15) is 4.79 Å². The first-order valence-electron chi connectivity index (χ1n) is 7.52. The highest BCUT2D eigenvalue weighted by atomic mass is 16.5. The van der Waals surface area contributed by atoms with Crippen LogP contribution in [0.15, 0.2) is 24.3 Å². The third-order valence-corrected chi connectivity index (χ3v) is 3.90. The van der Waals surface area contributed by atoms with Crippen molar-refractivity contribution in [2.75, 3.05) is 33.3 Å². The third-order valence-electron chi connectivity index (χ3n) is 3.90. The van der Waals surface area contributed by atoms with Gasteiger partial charge in [0.25, 0.3) is 0 Å². The van der Waals surface area contributed by atoms with E-state index in [1.165, 1.54) is 32.4 Å². The van der Waals surface area contributed by atoms with Gasteiger partial charge in [0.2, 0.25) is 5.91 Å². The lowest BCUT2D eigenvalue weighted by atomic mass is 10.1. The number of carbonyl (C=O) groups excluding carboxylic acids is 1. The Kier molecular flexibility index (Phi) is 5.87. The minimum Gasteiger partial charge on any atom is -0.496 e. The normalized spacial score (nSPS) is 15.8. The van der Waals surface area contributed by atoms with E-state index in [1.807, 2.05) is 24.3 Å². The number of piperidine rings is 1. The summed E-state index contributed by atoms with van der Waals surface area (Å²) in [7, 11) is 1.64. The molecule has 0 atom stereocenters. The number of quaternary nitrogens is 1. The fourth-order valence-electron chi connectivity index (χ4n) is 2.76. The predicted molar refractivity (Wildman–Crippen MR) is 79.1 cm³/mol. The fourth-order valence-corrected chi connectivity index (χ4v) is 2.76. The average molecular weight is 277 g/mol. The molecular weight excluding hydrogens is 252 g/mol. The molecule has 0 radical (unpaired) electrons. The van der Waals surface area contributed by atoms with Gasteiger partial charge in [-0.15, -0.1) is 0 Å². The van der Waals surface area contributed by atoms with Gasteiger partial charge in [-0.2, -0.15) is 0 Å². The Balaban J connectivity index is 1.72. The van der Waals surface area contributed by atoms with E-state index in [-0.39, 0.29) is 5.91 Å². The second kappa shape index (κ2) is 7.90. The molecule has 0 aliphatic carbocycles. The van der Waals surface area contributed by atoms with Crippen LogP contribution in [0.3, 0.4) is 0 Å². The first-order chi connectivity index (χ1) is 9.79. The Morgan fingerprint density at radius 2 is 2.00 bits per heavy atom. The van der Waals surface area contributed by atoms with Gasteiger partial charge in [-0.05, 0) is 25.3 Å². The number of methoxy groups -OCH3 is 1. The second-order valence-corrected chi connectivity index (χ2v) is 5.40. The average Bonchev–Trinajstić information content (AvgIpc) is 2.49. The van der Waals surface area contributed by atoms with E-state index in [4.69, 9.17) is 4.74 Å². The maximum absolute atomic E-state index is 11.9. The zero-order valence-corrected chi connectivity index (χ0v) is 12.3. The maximum atomic E-state index is 11.9. The summed E-state index contributed by atoms with van der Waals surface area (Å²) in [5.41, 5.74) is 0.942. The highest BCUT2D eigenvalue weighted by molar-refractivity contribution is 5.79. The van der Waals surface area contributed by atoms with Crippen LogP contribution in [0.4, 0.5) is 0 Å². The minimum atomic E-state index is 0.0749. The van der Waals surface area contributed by atoms with Crippen molar-refractivity contribution in [3.63, 3.8) is 0 Å². The molecule has 110 valence electrons. The summed E-state index contributed by atoms with van der Waals surface area (Å²) < 4.78 is 5.26. The highest BCUT2D eigenvalue weighted by Gasteiger charge is 2.13. The van der Waals surface area contributed by atoms with Gasteiger partial charge >= 0.3 is 0 Å². The van der Waals surface area contributed by atoms with Crippen molar-refractivity contribution >= 4 is 5.91 Å². The Hall–Kier alpha value is -1.55. The quantitative estimate of drug-likeness (QED) is 0.791. The van der Waals surface area contributed by atoms with Gasteiger partial charge in [0, 0.05) is 5.56 Å². The summed E-state index contributed by atoms with van der Waals surface area (Å²) in [6.07, 6.45) is 4.40. The summed E-state index contributed by atoms with van der Waals surface area (Å²) in [5, 5.41) is 3.01. The molecule has 0 saturated carbocycles. The van der Waals surface area contributed by atoms with Crippen LogP contribution in [-0.2, 0) is 11.2 Å². The zero-order chi connectivity index (χ0) is 14.2. The first kappa shape index (κ1) is 14.9. The van der Waals surface area contributed by atoms with Crippen LogP contribution < -0.4 is 15.0 Å². The molecule has 1 aliphatic heterocycles. The van der Waals surface area contributed by atoms with E-state index < -0.39 is 0 Å². The van der Waals surface area contributed by atoms with Crippen LogP contribution in [0.25, 0.3) is 0 Å². The largest absolute Gasteiger partial charge is 0.496 e. The van der Waals surface area contributed by atoms with Gasteiger partial charge < -0.3 is 15.0 Å². The predicted octanol–water partition coefficient (Wildman–Crippen LogP) is 0.423. The van der Waals surface area contributed by atoms with Gasteiger partial charge in [0.1, 0.15) is 5.75 Å². The maximum Gasteiger partial charge on any atom is 0.224 e. The fraction of sp³-hybridized carbons (Fsp3) is 0.562. The topological polar surface area (TPSA) is 42.8 Å². The number of carbonyl (C=O) groups is 1. The van der Waals surface area contributed by atoms with Crippen LogP contribution in [0.1, 0.15) is 24.8 Å². The number of hydrogen-bond donors (Lipinski definition) is 2. The van der Waals surface area contributed by atoms with Crippen molar-refractivity contribution < 1.29 is 14.4 Å². The van der Waals surface area contributed by atoms with Gasteiger partial charge in [-0.1, -0.05) is 18.2 Å². The van der Waals surface area contributed by atoms with Gasteiger partial charge in [0.15, 0.2) is 0 Å². The Labute approximate surface area is 121 Å². The van der Waals surface area contributed by atoms with Crippen LogP contribution in [0.5, 0.6) is 5.75 Å². The van der Waals surface area contributed by atoms with Crippen molar-refractivity contribution in [1.82, 2.24) is 5.32 Å². The smallest absolute Gasteiger partial charge is 0.224 e. The van der Waals surface area contributed by atoms with E-state index >= 15 is 0 Å². The van der Waals surface area contributed by atoms with Crippen molar-refractivity contribution in [3.8, 4) is 5.75 Å². The molecule has 1 aromatic rings. The summed E-state index contributed by atoms with van der Waals surface area (Å²) >= 11 is 0. The minimum absolute atomic E-state index is 0.0749. The molecule has 0 bridgehead atoms. The van der Waals surface area contributed by atoms with Crippen LogP contribution in [0, 0.1) is 0 Å². The van der Waals surface area contributed by atoms with E-state index in [0.717, 1.165) is 24.4 Å². The van der Waals surface area contributed by atoms with Crippen molar-refractivity contribution in [2.24, 2.45) is 0 Å². The highest BCUT2D eigenvalue weighted by Crippen LogP contribution is 2.17. The molecule has 1 amide bonds. The molecule has 1 fully saturated rings.